The number of methoxy groups -OCH3 is 2. The van der Waals surface area contributed by atoms with Gasteiger partial charge in [-0.05, 0) is 92.4 Å². The molecule has 2 aromatic carbocycles. The first-order valence-corrected chi connectivity index (χ1v) is 32.7. The minimum Gasteiger partial charge on any atom is -0.480 e. The van der Waals surface area contributed by atoms with E-state index in [9.17, 15) is 63.0 Å². The Morgan fingerprint density at radius 1 is 0.716 bits per heavy atom. The molecular weight excluding hydrogens is 1230 g/mol. The summed E-state index contributed by atoms with van der Waals surface area (Å²) in [6.45, 7) is 18.9. The molecule has 526 valence electrons. The maximum absolute atomic E-state index is 14.8. The number of carbonyl (C=O) groups is 11. The zero-order chi connectivity index (χ0) is 70.8. The van der Waals surface area contributed by atoms with Gasteiger partial charge in [-0.2, -0.15) is 0 Å². The molecule has 0 aliphatic carbocycles. The van der Waals surface area contributed by atoms with Crippen LogP contribution in [0.15, 0.2) is 78.9 Å². The van der Waals surface area contributed by atoms with Gasteiger partial charge in [-0.25, -0.2) is 14.4 Å². The van der Waals surface area contributed by atoms with Gasteiger partial charge in [0.2, 0.25) is 35.4 Å². The number of carboxylic acid groups (broad SMARTS) is 1. The van der Waals surface area contributed by atoms with Gasteiger partial charge in [0.25, 0.3) is 11.8 Å². The fourth-order valence-corrected chi connectivity index (χ4v) is 11.9. The number of carboxylic acids is 1. The monoisotopic (exact) mass is 1330 g/mol. The molecular formula is C68H103N11O16. The van der Waals surface area contributed by atoms with E-state index in [0.717, 1.165) is 15.4 Å². The number of imide groups is 1. The van der Waals surface area contributed by atoms with Crippen LogP contribution in [-0.4, -0.2) is 204 Å². The first kappa shape index (κ1) is 79.2. The third kappa shape index (κ3) is 23.9. The van der Waals surface area contributed by atoms with Crippen LogP contribution in [0.2, 0.25) is 0 Å². The van der Waals surface area contributed by atoms with E-state index >= 15 is 0 Å². The van der Waals surface area contributed by atoms with Gasteiger partial charge in [-0.3, -0.25) is 53.5 Å². The molecule has 1 fully saturated rings. The zero-order valence-electron chi connectivity index (χ0n) is 57.2. The summed E-state index contributed by atoms with van der Waals surface area (Å²) in [6, 6.07) is 7.72. The topological polar surface area (TPSA) is 367 Å². The van der Waals surface area contributed by atoms with Crippen molar-refractivity contribution in [3.05, 3.63) is 90.0 Å². The van der Waals surface area contributed by atoms with E-state index in [4.69, 9.17) is 19.9 Å². The number of anilines is 1. The number of rotatable bonds is 40. The lowest BCUT2D eigenvalue weighted by Crippen LogP contribution is -2.59. The molecule has 11 amide bonds. The van der Waals surface area contributed by atoms with Crippen molar-refractivity contribution in [2.24, 2.45) is 29.4 Å². The molecule has 0 spiro atoms. The summed E-state index contributed by atoms with van der Waals surface area (Å²) < 4.78 is 17.6. The summed E-state index contributed by atoms with van der Waals surface area (Å²) in [6.07, 6.45) is 2.53. The minimum atomic E-state index is -1.20. The number of aliphatic carboxylic acids is 1. The van der Waals surface area contributed by atoms with Crippen molar-refractivity contribution in [3.63, 3.8) is 0 Å². The molecule has 11 atom stereocenters. The second-order valence-corrected chi connectivity index (χ2v) is 25.4. The predicted octanol–water partition coefficient (Wildman–Crippen LogP) is 4.36. The molecule has 1 saturated heterocycles. The van der Waals surface area contributed by atoms with Crippen LogP contribution in [0.3, 0.4) is 0 Å². The Morgan fingerprint density at radius 2 is 1.35 bits per heavy atom. The van der Waals surface area contributed by atoms with Gasteiger partial charge in [0.1, 0.15) is 37.0 Å². The molecule has 27 heteroatoms. The molecule has 2 aromatic rings. The van der Waals surface area contributed by atoms with E-state index in [1.165, 1.54) is 38.3 Å². The lowest BCUT2D eigenvalue weighted by molar-refractivity contribution is -0.146. The van der Waals surface area contributed by atoms with E-state index in [2.05, 4.69) is 38.5 Å². The van der Waals surface area contributed by atoms with Gasteiger partial charge in [-0.1, -0.05) is 116 Å². The Hall–Kier alpha value is -8.27. The van der Waals surface area contributed by atoms with Crippen molar-refractivity contribution in [1.82, 2.24) is 46.2 Å². The van der Waals surface area contributed by atoms with Crippen molar-refractivity contribution in [2.45, 2.75) is 193 Å². The Kier molecular flexibility index (Phi) is 32.4. The largest absolute Gasteiger partial charge is 0.480 e. The van der Waals surface area contributed by atoms with Crippen LogP contribution in [-0.2, 0) is 70.4 Å². The highest BCUT2D eigenvalue weighted by Crippen LogP contribution is 2.30. The fourth-order valence-electron chi connectivity index (χ4n) is 11.9. The molecule has 2 aliphatic heterocycles. The predicted molar refractivity (Wildman–Crippen MR) is 355 cm³/mol. The molecule has 10 N–H and O–H groups in total. The number of aliphatic hydroxyl groups excluding tert-OH is 1. The van der Waals surface area contributed by atoms with Gasteiger partial charge in [0.15, 0.2) is 0 Å². The fraction of sp³-hybridized carbons (Fsp3) is 0.603. The Bertz CT molecular complexity index is 2950. The Labute approximate surface area is 558 Å². The number of urea groups is 1. The van der Waals surface area contributed by atoms with Crippen LogP contribution in [0.25, 0.3) is 0 Å². The number of carbonyl (C=O) groups excluding carboxylic acids is 10. The number of hydrogen-bond acceptors (Lipinski definition) is 16. The second kappa shape index (κ2) is 38.9. The highest BCUT2D eigenvalue weighted by molar-refractivity contribution is 6.12. The Morgan fingerprint density at radius 3 is 1.92 bits per heavy atom. The highest BCUT2D eigenvalue weighted by Gasteiger charge is 2.44. The van der Waals surface area contributed by atoms with E-state index in [1.807, 2.05) is 13.0 Å². The van der Waals surface area contributed by atoms with Crippen molar-refractivity contribution < 1.29 is 77.2 Å². The highest BCUT2D eigenvalue weighted by atomic mass is 16.6. The zero-order valence-corrected chi connectivity index (χ0v) is 57.2. The number of amides is 11. The number of unbranched alkanes of at least 4 members (excludes halogenated alkanes) is 2. The normalized spacial score (nSPS) is 17.0. The molecule has 0 aromatic heterocycles. The summed E-state index contributed by atoms with van der Waals surface area (Å²) in [5.41, 5.74) is 7.41. The van der Waals surface area contributed by atoms with Crippen LogP contribution in [0.5, 0.6) is 0 Å². The maximum Gasteiger partial charge on any atom is 0.410 e. The van der Waals surface area contributed by atoms with E-state index in [-0.39, 0.29) is 75.4 Å². The summed E-state index contributed by atoms with van der Waals surface area (Å²) in [5.74, 6) is -7.15. The molecule has 2 aliphatic rings. The minimum absolute atomic E-state index is 0.0692. The lowest BCUT2D eigenvalue weighted by atomic mass is 9.92. The summed E-state index contributed by atoms with van der Waals surface area (Å²) in [7, 11) is 5.85. The third-order valence-electron chi connectivity index (χ3n) is 17.3. The number of hydrogen-bond donors (Lipinski definition) is 9. The molecule has 27 nitrogen and oxygen atoms in total. The lowest BCUT2D eigenvalue weighted by Gasteiger charge is -2.39. The molecule has 0 saturated carbocycles. The van der Waals surface area contributed by atoms with E-state index in [0.29, 0.717) is 61.9 Å². The first-order chi connectivity index (χ1) is 44.9. The number of likely N-dealkylation sites (tertiary alicyclic amines) is 1. The van der Waals surface area contributed by atoms with Crippen LogP contribution in [0.4, 0.5) is 15.3 Å². The van der Waals surface area contributed by atoms with E-state index < -0.39 is 126 Å². The molecule has 4 rings (SSSR count). The van der Waals surface area contributed by atoms with Crippen LogP contribution in [0.1, 0.15) is 131 Å². The van der Waals surface area contributed by atoms with Gasteiger partial charge in [0.05, 0.1) is 42.7 Å². The molecule has 95 heavy (non-hydrogen) atoms. The number of likely N-dealkylation sites (N-methyl/N-ethyl adjacent to an activating group) is 2. The smallest absolute Gasteiger partial charge is 0.410 e. The summed E-state index contributed by atoms with van der Waals surface area (Å²) >= 11 is 0. The second-order valence-electron chi connectivity index (χ2n) is 25.4. The number of nitrogens with two attached hydrogens (primary N) is 1. The quantitative estimate of drug-likeness (QED) is 0.0194. The molecule has 0 bridgehead atoms. The van der Waals surface area contributed by atoms with Crippen LogP contribution < -0.4 is 37.6 Å². The van der Waals surface area contributed by atoms with Crippen LogP contribution in [0, 0.1) is 23.7 Å². The number of aliphatic hydroxyl groups is 1. The standard InChI is InChI=1S/C68H103N11O16/c1-14-43(8)59(51(93-12)38-55(83)78-36-22-26-50(78)60(94-13)44(9)61(84)73-49(66(89)90)37-45-23-17-15-18-24-45)76(10)65(88)57(41(4)5)75-64(87)58(42(6)7)77(11)68(92)95-39-46-28-30-47(31-29-46)71-62(85)48(25-21-34-70-67(69)91)72-63(86)56(40(2)3)74-52(80)27-19-16-20-35-79-53(81)32-33-54(79)82/h15,17-18,23-24,28-33,40-42,44,48-52,56-60,74,80H,8,14,16,19-22,25-27,34-39H2,1-7,9-13H3,(H,71,85)(H,72,86)(H,73,84)(H,75,87)(H,89,90)(H3,69,70,91)/t44-,48+,49+,50+,51-,52?,56?,57+,58?,59+,60-/m1/s1. The van der Waals surface area contributed by atoms with Gasteiger partial charge in [-0.15, -0.1) is 0 Å². The van der Waals surface area contributed by atoms with Crippen LogP contribution >= 0.6 is 0 Å². The SMILES string of the molecule is C=C(CC)[C@@H]([C@@H](CC(=O)N1CCC[C@H]1[C@H](OC)[C@@H](C)C(=O)N[C@@H](Cc1ccccc1)C(=O)O)OC)N(C)C(=O)[C@@H](NC(=O)C(C(C)C)N(C)C(=O)OCc1ccc(NC(=O)[C@H](CCCNC(N)=O)NC(=O)C(NC(O)CCCCCN2C(=O)C=CC2=O)C(C)C)cc1)C(C)C. The first-order valence-electron chi connectivity index (χ1n) is 32.7. The average molecular weight is 1330 g/mol. The Balaban J connectivity index is 1.38. The van der Waals surface area contributed by atoms with Crippen molar-refractivity contribution in [2.75, 3.05) is 53.3 Å². The van der Waals surface area contributed by atoms with Crippen molar-refractivity contribution >= 4 is 71.0 Å². The third-order valence-corrected chi connectivity index (χ3v) is 17.3. The number of primary amides is 1. The molecule has 2 heterocycles. The molecule has 3 unspecified atom stereocenters. The summed E-state index contributed by atoms with van der Waals surface area (Å²) in [4.78, 5) is 151. The van der Waals surface area contributed by atoms with Crippen molar-refractivity contribution in [1.29, 1.82) is 0 Å². The van der Waals surface area contributed by atoms with Crippen molar-refractivity contribution in [3.8, 4) is 0 Å². The van der Waals surface area contributed by atoms with Gasteiger partial charge >= 0.3 is 18.1 Å². The van der Waals surface area contributed by atoms with E-state index in [1.54, 1.807) is 109 Å². The maximum atomic E-state index is 14.8. The molecule has 0 radical (unpaired) electrons. The van der Waals surface area contributed by atoms with Gasteiger partial charge < -0.3 is 66.5 Å². The average Bonchev–Trinajstić information content (AvgIpc) is 1.42. The number of nitrogens with zero attached hydrogens (tertiary/aromatic N) is 4. The summed E-state index contributed by atoms with van der Waals surface area (Å²) in [5, 5.41) is 37.4. The number of nitrogens with one attached hydrogen (secondary N) is 6. The van der Waals surface area contributed by atoms with Gasteiger partial charge in [0, 0.05) is 72.2 Å². The number of ether oxygens (including phenoxy) is 3. The number of benzene rings is 2.